The van der Waals surface area contributed by atoms with Crippen molar-refractivity contribution in [3.63, 3.8) is 0 Å². The number of hydrogen-bond acceptors (Lipinski definition) is 4. The number of benzene rings is 3. The van der Waals surface area contributed by atoms with Crippen molar-refractivity contribution in [1.29, 1.82) is 0 Å². The summed E-state index contributed by atoms with van der Waals surface area (Å²) in [7, 11) is -3.62. The number of nitrogens with zero attached hydrogens (tertiary/aromatic N) is 2. The Hall–Kier alpha value is -2.78. The lowest BCUT2D eigenvalue weighted by Crippen LogP contribution is -2.50. The van der Waals surface area contributed by atoms with Crippen LogP contribution >= 0.6 is 34.8 Å². The quantitative estimate of drug-likeness (QED) is 0.184. The third-order valence-corrected chi connectivity index (χ3v) is 8.76. The largest absolute Gasteiger partial charge is 0.354 e. The van der Waals surface area contributed by atoms with Gasteiger partial charge in [-0.15, -0.1) is 0 Å². The average Bonchev–Trinajstić information content (AvgIpc) is 2.94. The van der Waals surface area contributed by atoms with Crippen LogP contribution in [0, 0.1) is 0 Å². The van der Waals surface area contributed by atoms with E-state index in [1.807, 2.05) is 37.3 Å². The fraction of sp³-hybridized carbons (Fsp3) is 0.355. The average molecular weight is 653 g/mol. The van der Waals surface area contributed by atoms with Crippen LogP contribution in [-0.4, -0.2) is 50.5 Å². The predicted molar refractivity (Wildman–Crippen MR) is 172 cm³/mol. The van der Waals surface area contributed by atoms with Gasteiger partial charge in [0, 0.05) is 47.5 Å². The van der Waals surface area contributed by atoms with Crippen molar-refractivity contribution in [3.8, 4) is 0 Å². The number of carbonyl (C=O) groups excluding carboxylic acids is 2. The van der Waals surface area contributed by atoms with Crippen LogP contribution in [0.5, 0.6) is 0 Å². The molecule has 11 heteroatoms. The van der Waals surface area contributed by atoms with E-state index in [9.17, 15) is 18.0 Å². The maximum absolute atomic E-state index is 13.9. The number of anilines is 1. The summed E-state index contributed by atoms with van der Waals surface area (Å²) in [4.78, 5) is 29.0. The highest BCUT2D eigenvalue weighted by atomic mass is 35.5. The van der Waals surface area contributed by atoms with Gasteiger partial charge in [0.25, 0.3) is 0 Å². The van der Waals surface area contributed by atoms with E-state index < -0.39 is 16.1 Å². The Morgan fingerprint density at radius 3 is 2.19 bits per heavy atom. The summed E-state index contributed by atoms with van der Waals surface area (Å²) < 4.78 is 26.4. The zero-order valence-corrected chi connectivity index (χ0v) is 26.8. The molecule has 3 rings (SSSR count). The van der Waals surface area contributed by atoms with Crippen LogP contribution in [0.3, 0.4) is 0 Å². The van der Waals surface area contributed by atoms with Crippen molar-refractivity contribution >= 4 is 62.3 Å². The molecule has 0 spiro atoms. The van der Waals surface area contributed by atoms with Gasteiger partial charge in [-0.3, -0.25) is 13.9 Å². The highest BCUT2D eigenvalue weighted by molar-refractivity contribution is 7.92. The summed E-state index contributed by atoms with van der Waals surface area (Å²) in [6, 6.07) is 20.2. The highest BCUT2D eigenvalue weighted by Gasteiger charge is 2.31. The Balaban J connectivity index is 1.89. The number of nitrogens with one attached hydrogen (secondary N) is 1. The van der Waals surface area contributed by atoms with Crippen LogP contribution in [0.1, 0.15) is 43.7 Å². The van der Waals surface area contributed by atoms with Crippen molar-refractivity contribution in [2.45, 2.75) is 51.6 Å². The van der Waals surface area contributed by atoms with E-state index in [0.717, 1.165) is 24.7 Å². The fourth-order valence-electron chi connectivity index (χ4n) is 4.50. The molecular weight excluding hydrogens is 617 g/mol. The standard InChI is InChI=1S/C31H36Cl3N3O4S/c1-3-4-18-35-31(39)29(20-23-9-6-5-7-10-23)36(22-24-12-13-26(33)21-28(24)34)30(38)11-8-19-37(42(2,40)41)27-16-14-25(32)15-17-27/h5-7,9-10,12-17,21,29H,3-4,8,11,18-20,22H2,1-2H3,(H,35,39)/t29-/m0/s1. The lowest BCUT2D eigenvalue weighted by molar-refractivity contribution is -0.141. The smallest absolute Gasteiger partial charge is 0.243 e. The van der Waals surface area contributed by atoms with Crippen molar-refractivity contribution in [1.82, 2.24) is 10.2 Å². The first kappa shape index (κ1) is 33.7. The minimum Gasteiger partial charge on any atom is -0.354 e. The highest BCUT2D eigenvalue weighted by Crippen LogP contribution is 2.25. The van der Waals surface area contributed by atoms with E-state index in [2.05, 4.69) is 5.32 Å². The topological polar surface area (TPSA) is 86.8 Å². The molecule has 0 saturated carbocycles. The van der Waals surface area contributed by atoms with Gasteiger partial charge in [0.15, 0.2) is 0 Å². The van der Waals surface area contributed by atoms with E-state index in [1.165, 1.54) is 9.21 Å². The maximum atomic E-state index is 13.9. The van der Waals surface area contributed by atoms with Crippen molar-refractivity contribution in [3.05, 3.63) is 99.0 Å². The van der Waals surface area contributed by atoms with Crippen LogP contribution in [-0.2, 0) is 32.6 Å². The first-order valence-electron chi connectivity index (χ1n) is 13.8. The molecule has 0 unspecified atom stereocenters. The lowest BCUT2D eigenvalue weighted by Gasteiger charge is -2.32. The van der Waals surface area contributed by atoms with E-state index in [1.54, 1.807) is 42.5 Å². The maximum Gasteiger partial charge on any atom is 0.243 e. The molecule has 0 fully saturated rings. The van der Waals surface area contributed by atoms with Gasteiger partial charge in [-0.1, -0.05) is 84.5 Å². The van der Waals surface area contributed by atoms with E-state index in [0.29, 0.717) is 39.3 Å². The molecule has 1 N–H and O–H groups in total. The van der Waals surface area contributed by atoms with Crippen molar-refractivity contribution < 1.29 is 18.0 Å². The zero-order valence-electron chi connectivity index (χ0n) is 23.7. The second kappa shape index (κ2) is 16.2. The van der Waals surface area contributed by atoms with Crippen molar-refractivity contribution in [2.75, 3.05) is 23.7 Å². The Morgan fingerprint density at radius 2 is 1.57 bits per heavy atom. The third-order valence-electron chi connectivity index (χ3n) is 6.72. The van der Waals surface area contributed by atoms with Crippen LogP contribution < -0.4 is 9.62 Å². The Kier molecular flexibility index (Phi) is 13.0. The summed E-state index contributed by atoms with van der Waals surface area (Å²) in [5, 5.41) is 4.32. The number of rotatable bonds is 15. The van der Waals surface area contributed by atoms with Gasteiger partial charge in [-0.2, -0.15) is 0 Å². The SMILES string of the molecule is CCCCNC(=O)[C@H](Cc1ccccc1)N(Cc1ccc(Cl)cc1Cl)C(=O)CCCN(c1ccc(Cl)cc1)S(C)(=O)=O. The molecule has 226 valence electrons. The monoisotopic (exact) mass is 651 g/mol. The molecule has 3 aromatic rings. The minimum absolute atomic E-state index is 0.0123. The third kappa shape index (κ3) is 10.2. The number of hydrogen-bond donors (Lipinski definition) is 1. The molecule has 7 nitrogen and oxygen atoms in total. The zero-order chi connectivity index (χ0) is 30.7. The Labute approximate surface area is 263 Å². The summed E-state index contributed by atoms with van der Waals surface area (Å²) in [5.41, 5.74) is 2.00. The van der Waals surface area contributed by atoms with Gasteiger partial charge >= 0.3 is 0 Å². The molecule has 1 atom stereocenters. The Morgan fingerprint density at radius 1 is 0.905 bits per heavy atom. The van der Waals surface area contributed by atoms with Crippen LogP contribution in [0.4, 0.5) is 5.69 Å². The second-order valence-electron chi connectivity index (χ2n) is 10.0. The molecule has 0 heterocycles. The van der Waals surface area contributed by atoms with E-state index >= 15 is 0 Å². The number of sulfonamides is 1. The normalized spacial score (nSPS) is 12.0. The van der Waals surface area contributed by atoms with E-state index in [4.69, 9.17) is 34.8 Å². The van der Waals surface area contributed by atoms with Crippen LogP contribution in [0.25, 0.3) is 0 Å². The second-order valence-corrected chi connectivity index (χ2v) is 13.2. The Bertz CT molecular complexity index is 1440. The van der Waals surface area contributed by atoms with Gasteiger partial charge in [0.2, 0.25) is 21.8 Å². The van der Waals surface area contributed by atoms with Crippen molar-refractivity contribution in [2.24, 2.45) is 0 Å². The number of unbranched alkanes of at least 4 members (excludes halogenated alkanes) is 1. The molecule has 0 saturated heterocycles. The molecule has 0 aliphatic rings. The first-order chi connectivity index (χ1) is 20.0. The van der Waals surface area contributed by atoms with Gasteiger partial charge in [0.05, 0.1) is 11.9 Å². The van der Waals surface area contributed by atoms with Gasteiger partial charge in [-0.25, -0.2) is 8.42 Å². The molecule has 2 amide bonds. The molecule has 0 radical (unpaired) electrons. The van der Waals surface area contributed by atoms with Crippen LogP contribution in [0.2, 0.25) is 15.1 Å². The summed E-state index contributed by atoms with van der Waals surface area (Å²) in [6.07, 6.45) is 3.39. The molecule has 3 aromatic carbocycles. The van der Waals surface area contributed by atoms with Gasteiger partial charge in [-0.05, 0) is 60.4 Å². The minimum atomic E-state index is -3.62. The lowest BCUT2D eigenvalue weighted by atomic mass is 10.0. The summed E-state index contributed by atoms with van der Waals surface area (Å²) in [5.74, 6) is -0.554. The van der Waals surface area contributed by atoms with E-state index in [-0.39, 0.29) is 37.7 Å². The number of halogens is 3. The van der Waals surface area contributed by atoms with Gasteiger partial charge < -0.3 is 10.2 Å². The molecule has 0 aliphatic heterocycles. The molecule has 42 heavy (non-hydrogen) atoms. The number of amides is 2. The molecule has 0 aliphatic carbocycles. The fourth-order valence-corrected chi connectivity index (χ4v) is 6.06. The summed E-state index contributed by atoms with van der Waals surface area (Å²) >= 11 is 18.6. The van der Waals surface area contributed by atoms with Gasteiger partial charge in [0.1, 0.15) is 6.04 Å². The van der Waals surface area contributed by atoms with Crippen LogP contribution in [0.15, 0.2) is 72.8 Å². The molecule has 0 bridgehead atoms. The summed E-state index contributed by atoms with van der Waals surface area (Å²) in [6.45, 7) is 2.69. The molecule has 0 aromatic heterocycles. The predicted octanol–water partition coefficient (Wildman–Crippen LogP) is 6.75. The first-order valence-corrected chi connectivity index (χ1v) is 16.8. The molecular formula is C31H36Cl3N3O4S. The number of carbonyl (C=O) groups is 2.